The first-order valence-corrected chi connectivity index (χ1v) is 12.6. The van der Waals surface area contributed by atoms with Gasteiger partial charge >= 0.3 is 6.09 Å². The van der Waals surface area contributed by atoms with Crippen LogP contribution in [0, 0.1) is 0 Å². The summed E-state index contributed by atoms with van der Waals surface area (Å²) in [5, 5.41) is 5.95. The third-order valence-corrected chi connectivity index (χ3v) is 10.5. The third-order valence-electron chi connectivity index (χ3n) is 5.46. The second kappa shape index (κ2) is 8.93. The first kappa shape index (κ1) is 20.6. The van der Waals surface area contributed by atoms with E-state index >= 15 is 0 Å². The van der Waals surface area contributed by atoms with Crippen molar-refractivity contribution in [3.05, 3.63) is 60.7 Å². The van der Waals surface area contributed by atoms with E-state index < -0.39 is 13.7 Å². The molecule has 0 atom stereocenters. The molecule has 1 aliphatic rings. The van der Waals surface area contributed by atoms with Gasteiger partial charge in [0.1, 0.15) is 13.7 Å². The van der Waals surface area contributed by atoms with Gasteiger partial charge in [0.05, 0.1) is 0 Å². The lowest BCUT2D eigenvalue weighted by molar-refractivity contribution is 0.0522. The Hall–Kier alpha value is -2.11. The van der Waals surface area contributed by atoms with E-state index in [-0.39, 0.29) is 6.09 Å². The third kappa shape index (κ3) is 5.24. The van der Waals surface area contributed by atoms with Crippen LogP contribution >= 0.6 is 0 Å². The Morgan fingerprint density at radius 1 is 0.964 bits per heavy atom. The molecule has 0 radical (unpaired) electrons. The van der Waals surface area contributed by atoms with Crippen molar-refractivity contribution < 1.29 is 9.53 Å². The number of rotatable bonds is 5. The minimum atomic E-state index is -1.72. The molecule has 150 valence electrons. The average Bonchev–Trinajstić information content (AvgIpc) is 2.69. The molecule has 0 saturated carbocycles. The molecular formula is C23H32N2O2Si. The van der Waals surface area contributed by atoms with Crippen LogP contribution in [0.3, 0.4) is 0 Å². The van der Waals surface area contributed by atoms with Crippen LogP contribution in [0.25, 0.3) is 0 Å². The van der Waals surface area contributed by atoms with Gasteiger partial charge in [-0.2, -0.15) is 0 Å². The highest BCUT2D eigenvalue weighted by molar-refractivity contribution is 7.02. The van der Waals surface area contributed by atoms with Crippen molar-refractivity contribution in [3.8, 4) is 0 Å². The van der Waals surface area contributed by atoms with Crippen molar-refractivity contribution in [1.29, 1.82) is 0 Å². The van der Waals surface area contributed by atoms with Gasteiger partial charge in [0.25, 0.3) is 0 Å². The molecule has 2 aromatic carbocycles. The van der Waals surface area contributed by atoms with Gasteiger partial charge in [0.2, 0.25) is 0 Å². The summed E-state index contributed by atoms with van der Waals surface area (Å²) in [6.07, 6.45) is -0.332. The zero-order chi connectivity index (χ0) is 20.0. The summed E-state index contributed by atoms with van der Waals surface area (Å²) in [5.41, 5.74) is -0.453. The van der Waals surface area contributed by atoms with Crippen LogP contribution in [0.15, 0.2) is 60.7 Å². The highest BCUT2D eigenvalue weighted by atomic mass is 28.3. The monoisotopic (exact) mass is 396 g/mol. The normalized spacial score (nSPS) is 17.1. The van der Waals surface area contributed by atoms with E-state index in [9.17, 15) is 4.79 Å². The smallest absolute Gasteiger partial charge is 0.407 e. The molecule has 28 heavy (non-hydrogen) atoms. The summed E-state index contributed by atoms with van der Waals surface area (Å²) in [5.74, 6) is 0. The molecule has 0 aromatic heterocycles. The molecule has 0 aliphatic carbocycles. The molecule has 0 unspecified atom stereocenters. The van der Waals surface area contributed by atoms with Crippen LogP contribution in [0.4, 0.5) is 4.79 Å². The summed E-state index contributed by atoms with van der Waals surface area (Å²) in [7, 11) is -1.72. The van der Waals surface area contributed by atoms with E-state index in [1.807, 2.05) is 20.8 Å². The molecule has 1 saturated heterocycles. The van der Waals surface area contributed by atoms with Crippen molar-refractivity contribution in [2.45, 2.75) is 38.5 Å². The van der Waals surface area contributed by atoms with E-state index in [1.165, 1.54) is 22.5 Å². The molecule has 2 aromatic rings. The van der Waals surface area contributed by atoms with Crippen molar-refractivity contribution in [2.24, 2.45) is 0 Å². The van der Waals surface area contributed by atoms with Crippen LogP contribution in [0.5, 0.6) is 0 Å². The molecule has 1 N–H and O–H groups in total. The summed E-state index contributed by atoms with van der Waals surface area (Å²) in [4.78, 5) is 14.3. The van der Waals surface area contributed by atoms with E-state index in [0.29, 0.717) is 6.54 Å². The van der Waals surface area contributed by atoms with Crippen LogP contribution in [0.2, 0.25) is 12.1 Å². The predicted octanol–water partition coefficient (Wildman–Crippen LogP) is 3.09. The number of hydrogen-bond donors (Lipinski definition) is 1. The Kier molecular flexibility index (Phi) is 6.57. The molecular weight excluding hydrogens is 364 g/mol. The Labute approximate surface area is 169 Å². The summed E-state index contributed by atoms with van der Waals surface area (Å²) in [6, 6.07) is 24.6. The van der Waals surface area contributed by atoms with Gasteiger partial charge in [-0.3, -0.25) is 0 Å². The maximum Gasteiger partial charge on any atom is 0.407 e. The first-order valence-electron chi connectivity index (χ1n) is 10.2. The van der Waals surface area contributed by atoms with E-state index in [1.54, 1.807) is 0 Å². The molecule has 1 fully saturated rings. The number of nitrogens with zero attached hydrogens (tertiary/aromatic N) is 1. The standard InChI is InChI=1S/C23H32N2O2Si/c1-23(2,3)27-22(26)24-14-15-25-16-18-28(19-17-25,20-10-6-4-7-11-20)21-12-8-5-9-13-21/h4-13H,14-19H2,1-3H3,(H,24,26). The number of carbonyl (C=O) groups excluding carboxylic acids is 1. The molecule has 1 heterocycles. The van der Waals surface area contributed by atoms with Gasteiger partial charge in [-0.25, -0.2) is 4.79 Å². The number of alkyl carbamates (subject to hydrolysis) is 1. The van der Waals surface area contributed by atoms with Gasteiger partial charge in [-0.1, -0.05) is 71.0 Å². The molecule has 4 nitrogen and oxygen atoms in total. The topological polar surface area (TPSA) is 41.6 Å². The quantitative estimate of drug-likeness (QED) is 0.790. The SMILES string of the molecule is CC(C)(C)OC(=O)NCCN1CC[Si](c2ccccc2)(c2ccccc2)CC1. The van der Waals surface area contributed by atoms with Crippen molar-refractivity contribution in [1.82, 2.24) is 10.2 Å². The number of carbonyl (C=O) groups is 1. The van der Waals surface area contributed by atoms with E-state index in [4.69, 9.17) is 4.74 Å². The van der Waals surface area contributed by atoms with Crippen LogP contribution in [-0.2, 0) is 4.74 Å². The van der Waals surface area contributed by atoms with Crippen LogP contribution in [0.1, 0.15) is 20.8 Å². The highest BCUT2D eigenvalue weighted by Crippen LogP contribution is 2.22. The minimum Gasteiger partial charge on any atom is -0.444 e. The number of hydrogen-bond acceptors (Lipinski definition) is 3. The lowest BCUT2D eigenvalue weighted by Gasteiger charge is -2.41. The van der Waals surface area contributed by atoms with Crippen molar-refractivity contribution >= 4 is 24.5 Å². The Balaban J connectivity index is 1.60. The van der Waals surface area contributed by atoms with E-state index in [0.717, 1.165) is 19.6 Å². The molecule has 1 amide bonds. The minimum absolute atomic E-state index is 0.332. The molecule has 0 bridgehead atoms. The number of amides is 1. The van der Waals surface area contributed by atoms with Gasteiger partial charge in [0.15, 0.2) is 0 Å². The maximum atomic E-state index is 11.8. The van der Waals surface area contributed by atoms with Crippen molar-refractivity contribution in [2.75, 3.05) is 26.2 Å². The van der Waals surface area contributed by atoms with Gasteiger partial charge in [-0.15, -0.1) is 0 Å². The summed E-state index contributed by atoms with van der Waals surface area (Å²) in [6.45, 7) is 9.29. The average molecular weight is 397 g/mol. The van der Waals surface area contributed by atoms with E-state index in [2.05, 4.69) is 70.9 Å². The highest BCUT2D eigenvalue weighted by Gasteiger charge is 2.39. The lowest BCUT2D eigenvalue weighted by Crippen LogP contribution is -2.63. The number of benzene rings is 2. The molecule has 3 rings (SSSR count). The van der Waals surface area contributed by atoms with Crippen LogP contribution < -0.4 is 15.7 Å². The zero-order valence-electron chi connectivity index (χ0n) is 17.3. The lowest BCUT2D eigenvalue weighted by atomic mass is 10.2. The Bertz CT molecular complexity index is 710. The fraction of sp³-hybridized carbons (Fsp3) is 0.435. The van der Waals surface area contributed by atoms with Gasteiger partial charge in [0, 0.05) is 13.1 Å². The largest absolute Gasteiger partial charge is 0.444 e. The Morgan fingerprint density at radius 2 is 1.46 bits per heavy atom. The Morgan fingerprint density at radius 3 is 1.93 bits per heavy atom. The van der Waals surface area contributed by atoms with Crippen LogP contribution in [-0.4, -0.2) is 50.8 Å². The second-order valence-electron chi connectivity index (χ2n) is 8.58. The fourth-order valence-electron chi connectivity index (χ4n) is 4.05. The number of ether oxygens (including phenoxy) is 1. The maximum absolute atomic E-state index is 11.8. The molecule has 1 aliphatic heterocycles. The first-order chi connectivity index (χ1) is 13.4. The zero-order valence-corrected chi connectivity index (χ0v) is 18.3. The van der Waals surface area contributed by atoms with Gasteiger partial charge < -0.3 is 15.0 Å². The van der Waals surface area contributed by atoms with Crippen molar-refractivity contribution in [3.63, 3.8) is 0 Å². The molecule has 0 spiro atoms. The molecule has 5 heteroatoms. The number of nitrogens with one attached hydrogen (secondary N) is 1. The summed E-state index contributed by atoms with van der Waals surface area (Å²) >= 11 is 0. The van der Waals surface area contributed by atoms with Gasteiger partial charge in [-0.05, 0) is 45.9 Å². The summed E-state index contributed by atoms with van der Waals surface area (Å²) < 4.78 is 5.31. The fourth-order valence-corrected chi connectivity index (χ4v) is 8.84. The second-order valence-corrected chi connectivity index (χ2v) is 12.9. The predicted molar refractivity (Wildman–Crippen MR) is 118 cm³/mol.